The Labute approximate surface area is 121 Å². The Hall–Kier alpha value is -3.00. The van der Waals surface area contributed by atoms with Crippen molar-refractivity contribution in [1.29, 1.82) is 5.26 Å². The Morgan fingerprint density at radius 2 is 2.29 bits per heavy atom. The molecule has 3 rings (SSSR count). The van der Waals surface area contributed by atoms with Crippen molar-refractivity contribution < 1.29 is 13.9 Å². The highest BCUT2D eigenvalue weighted by Gasteiger charge is 2.30. The number of carbonyl (C=O) groups excluding carboxylic acids is 1. The number of hydrogen-bond donors (Lipinski definition) is 0. The van der Waals surface area contributed by atoms with E-state index in [1.54, 1.807) is 37.5 Å². The van der Waals surface area contributed by atoms with Crippen molar-refractivity contribution in [2.45, 2.75) is 6.04 Å². The molecule has 1 atom stereocenters. The molecule has 2 aromatic rings. The van der Waals surface area contributed by atoms with Crippen LogP contribution in [-0.4, -0.2) is 19.1 Å². The van der Waals surface area contributed by atoms with Gasteiger partial charge in [-0.3, -0.25) is 9.69 Å². The zero-order valence-electron chi connectivity index (χ0n) is 11.3. The highest BCUT2D eigenvalue weighted by molar-refractivity contribution is 6.07. The van der Waals surface area contributed by atoms with E-state index in [0.717, 1.165) is 5.56 Å². The van der Waals surface area contributed by atoms with E-state index in [0.29, 0.717) is 11.4 Å². The summed E-state index contributed by atoms with van der Waals surface area (Å²) in [5.41, 5.74) is 1.48. The molecule has 0 bridgehead atoms. The van der Waals surface area contributed by atoms with E-state index in [1.165, 1.54) is 11.2 Å². The molecule has 5 nitrogen and oxygen atoms in total. The van der Waals surface area contributed by atoms with Crippen molar-refractivity contribution in [1.82, 2.24) is 0 Å². The van der Waals surface area contributed by atoms with Gasteiger partial charge in [-0.25, -0.2) is 0 Å². The monoisotopic (exact) mass is 280 g/mol. The molecule has 1 aromatic heterocycles. The van der Waals surface area contributed by atoms with Gasteiger partial charge in [0, 0.05) is 5.56 Å². The molecular weight excluding hydrogens is 268 g/mol. The average molecular weight is 280 g/mol. The molecule has 0 saturated heterocycles. The first-order valence-corrected chi connectivity index (χ1v) is 6.37. The van der Waals surface area contributed by atoms with Crippen molar-refractivity contribution in [3.8, 4) is 11.8 Å². The number of benzene rings is 1. The average Bonchev–Trinajstić information content (AvgIpc) is 3.06. The van der Waals surface area contributed by atoms with E-state index in [9.17, 15) is 10.1 Å². The molecule has 0 radical (unpaired) electrons. The summed E-state index contributed by atoms with van der Waals surface area (Å²) in [5, 5.41) is 9.28. The van der Waals surface area contributed by atoms with Gasteiger partial charge in [-0.2, -0.15) is 5.26 Å². The molecule has 0 fully saturated rings. The molecule has 2 heterocycles. The highest BCUT2D eigenvalue weighted by atomic mass is 16.5. The number of ether oxygens (including phenoxy) is 1. The second-order valence-electron chi connectivity index (χ2n) is 4.51. The number of fused-ring (bicyclic) bond motifs is 1. The fraction of sp³-hybridized carbons (Fsp3) is 0.125. The van der Waals surface area contributed by atoms with E-state index in [1.807, 2.05) is 12.1 Å². The van der Waals surface area contributed by atoms with Gasteiger partial charge in [0.1, 0.15) is 11.8 Å². The molecule has 1 aliphatic rings. The summed E-state index contributed by atoms with van der Waals surface area (Å²) in [6.07, 6.45) is 4.93. The summed E-state index contributed by atoms with van der Waals surface area (Å²) in [5.74, 6) is 0.550. The molecule has 1 aromatic carbocycles. The summed E-state index contributed by atoms with van der Waals surface area (Å²) in [6.45, 7) is 0. The molecule has 1 aliphatic heterocycles. The topological polar surface area (TPSA) is 66.5 Å². The van der Waals surface area contributed by atoms with Crippen LogP contribution in [0.15, 0.2) is 47.1 Å². The fourth-order valence-corrected chi connectivity index (χ4v) is 2.30. The van der Waals surface area contributed by atoms with Crippen LogP contribution in [0.5, 0.6) is 5.75 Å². The minimum absolute atomic E-state index is 0.201. The van der Waals surface area contributed by atoms with Crippen molar-refractivity contribution in [2.24, 2.45) is 0 Å². The van der Waals surface area contributed by atoms with Crippen LogP contribution >= 0.6 is 0 Å². The number of carbonyl (C=O) groups is 1. The van der Waals surface area contributed by atoms with Crippen LogP contribution in [0.2, 0.25) is 0 Å². The predicted molar refractivity (Wildman–Crippen MR) is 76.9 cm³/mol. The summed E-state index contributed by atoms with van der Waals surface area (Å²) >= 11 is 0. The Bertz CT molecular complexity index is 741. The van der Waals surface area contributed by atoms with Gasteiger partial charge in [0.15, 0.2) is 5.76 Å². The van der Waals surface area contributed by atoms with Crippen molar-refractivity contribution in [3.05, 3.63) is 54.0 Å². The molecular formula is C16H12N2O3. The van der Waals surface area contributed by atoms with Crippen molar-refractivity contribution in [2.75, 3.05) is 12.0 Å². The minimum atomic E-state index is -0.663. The van der Waals surface area contributed by atoms with E-state index in [4.69, 9.17) is 9.15 Å². The number of nitriles is 1. The molecule has 1 unspecified atom stereocenters. The lowest BCUT2D eigenvalue weighted by Gasteiger charge is -2.29. The van der Waals surface area contributed by atoms with Crippen LogP contribution in [0.1, 0.15) is 16.1 Å². The number of rotatable bonds is 2. The number of amides is 1. The highest BCUT2D eigenvalue weighted by Crippen LogP contribution is 2.33. The van der Waals surface area contributed by atoms with E-state index in [-0.39, 0.29) is 11.7 Å². The van der Waals surface area contributed by atoms with Crippen LogP contribution in [0, 0.1) is 11.3 Å². The van der Waals surface area contributed by atoms with Gasteiger partial charge in [0.2, 0.25) is 0 Å². The molecule has 104 valence electrons. The maximum atomic E-state index is 12.6. The maximum Gasteiger partial charge on any atom is 0.295 e. The Morgan fingerprint density at radius 1 is 1.43 bits per heavy atom. The first-order chi connectivity index (χ1) is 10.2. The largest absolute Gasteiger partial charge is 0.497 e. The predicted octanol–water partition coefficient (Wildman–Crippen LogP) is 2.85. The van der Waals surface area contributed by atoms with Gasteiger partial charge in [-0.15, -0.1) is 0 Å². The molecule has 0 aliphatic carbocycles. The molecule has 5 heteroatoms. The number of furan rings is 1. The summed E-state index contributed by atoms with van der Waals surface area (Å²) in [4.78, 5) is 14.0. The van der Waals surface area contributed by atoms with Crippen LogP contribution < -0.4 is 9.64 Å². The number of anilines is 1. The number of nitrogens with zero attached hydrogens (tertiary/aromatic N) is 2. The minimum Gasteiger partial charge on any atom is -0.497 e. The van der Waals surface area contributed by atoms with Crippen molar-refractivity contribution in [3.63, 3.8) is 0 Å². The molecule has 1 amide bonds. The lowest BCUT2D eigenvalue weighted by atomic mass is 10.0. The van der Waals surface area contributed by atoms with Gasteiger partial charge in [-0.05, 0) is 36.4 Å². The lowest BCUT2D eigenvalue weighted by molar-refractivity contribution is 0.0958. The number of hydrogen-bond acceptors (Lipinski definition) is 4. The normalized spacial score (nSPS) is 16.2. The smallest absolute Gasteiger partial charge is 0.295 e. The molecule has 0 spiro atoms. The Balaban J connectivity index is 2.08. The third kappa shape index (κ3) is 2.17. The summed E-state index contributed by atoms with van der Waals surface area (Å²) < 4.78 is 10.3. The van der Waals surface area contributed by atoms with Crippen LogP contribution in [0.3, 0.4) is 0 Å². The van der Waals surface area contributed by atoms with E-state index < -0.39 is 6.04 Å². The standard InChI is InChI=1S/C16H12N2O3/c1-20-13-6-7-14-11(9-13)4-5-12(10-17)18(14)16(19)15-3-2-8-21-15/h2-9,12H,1H3. The quantitative estimate of drug-likeness (QED) is 0.848. The first kappa shape index (κ1) is 13.0. The summed E-state index contributed by atoms with van der Waals surface area (Å²) in [7, 11) is 1.58. The second-order valence-corrected chi connectivity index (χ2v) is 4.51. The first-order valence-electron chi connectivity index (χ1n) is 6.37. The third-order valence-electron chi connectivity index (χ3n) is 3.31. The van der Waals surface area contributed by atoms with Gasteiger partial charge >= 0.3 is 0 Å². The lowest BCUT2D eigenvalue weighted by Crippen LogP contribution is -2.40. The van der Waals surface area contributed by atoms with Gasteiger partial charge < -0.3 is 9.15 Å². The molecule has 0 saturated carbocycles. The second kappa shape index (κ2) is 5.17. The molecule has 21 heavy (non-hydrogen) atoms. The zero-order valence-corrected chi connectivity index (χ0v) is 11.3. The van der Waals surface area contributed by atoms with E-state index in [2.05, 4.69) is 6.07 Å². The van der Waals surface area contributed by atoms with E-state index >= 15 is 0 Å². The maximum absolute atomic E-state index is 12.6. The van der Waals surface area contributed by atoms with Crippen molar-refractivity contribution >= 4 is 17.7 Å². The zero-order chi connectivity index (χ0) is 14.8. The SMILES string of the molecule is COc1ccc2c(c1)C=CC(C#N)N2C(=O)c1ccco1. The van der Waals surface area contributed by atoms with Gasteiger partial charge in [0.05, 0.1) is 25.1 Å². The third-order valence-corrected chi connectivity index (χ3v) is 3.31. The fourth-order valence-electron chi connectivity index (χ4n) is 2.30. The Morgan fingerprint density at radius 3 is 2.95 bits per heavy atom. The van der Waals surface area contributed by atoms with Crippen LogP contribution in [0.25, 0.3) is 6.08 Å². The van der Waals surface area contributed by atoms with Gasteiger partial charge in [0.25, 0.3) is 5.91 Å². The Kier molecular flexibility index (Phi) is 3.20. The number of methoxy groups -OCH3 is 1. The molecule has 0 N–H and O–H groups in total. The van der Waals surface area contributed by atoms with Crippen LogP contribution in [0.4, 0.5) is 5.69 Å². The van der Waals surface area contributed by atoms with Gasteiger partial charge in [-0.1, -0.05) is 6.08 Å². The summed E-state index contributed by atoms with van der Waals surface area (Å²) in [6, 6.07) is 10.0. The van der Waals surface area contributed by atoms with Crippen LogP contribution in [-0.2, 0) is 0 Å².